The van der Waals surface area contributed by atoms with Crippen molar-refractivity contribution in [1.29, 1.82) is 0 Å². The van der Waals surface area contributed by atoms with Gasteiger partial charge in [-0.3, -0.25) is 19.5 Å². The lowest BCUT2D eigenvalue weighted by Gasteiger charge is -2.32. The monoisotopic (exact) mass is 523 g/mol. The summed E-state index contributed by atoms with van der Waals surface area (Å²) in [5.74, 6) is 1.58. The zero-order valence-electron chi connectivity index (χ0n) is 22.6. The van der Waals surface area contributed by atoms with Gasteiger partial charge >= 0.3 is 0 Å². The molecular weight excluding hydrogens is 490 g/mol. The Morgan fingerprint density at radius 3 is 2.59 bits per heavy atom. The Kier molecular flexibility index (Phi) is 8.12. The number of nitrogens with zero attached hydrogens (tertiary/aromatic N) is 3. The predicted molar refractivity (Wildman–Crippen MR) is 151 cm³/mol. The molecule has 1 aliphatic carbocycles. The molecule has 0 saturated carbocycles. The number of aliphatic hydroxyl groups excluding tert-OH is 1. The molecule has 0 fully saturated rings. The number of anilines is 1. The van der Waals surface area contributed by atoms with Crippen LogP contribution in [-0.4, -0.2) is 44.0 Å². The molecule has 1 aromatic carbocycles. The van der Waals surface area contributed by atoms with E-state index < -0.39 is 30.0 Å². The van der Waals surface area contributed by atoms with Gasteiger partial charge in [0.25, 0.3) is 5.91 Å². The lowest BCUT2D eigenvalue weighted by Crippen LogP contribution is -2.47. The molecule has 1 aliphatic rings. The molecule has 3 N–H and O–H groups in total. The number of benzene rings is 1. The largest absolute Gasteiger partial charge is 0.389 e. The number of carbonyl (C=O) groups excluding carboxylic acids is 2. The molecule has 2 heterocycles. The number of terminal acetylenes is 1. The van der Waals surface area contributed by atoms with Crippen LogP contribution in [0.4, 0.5) is 5.69 Å². The highest BCUT2D eigenvalue weighted by atomic mass is 16.3. The maximum atomic E-state index is 14.1. The third-order valence-electron chi connectivity index (χ3n) is 6.92. The van der Waals surface area contributed by atoms with Crippen LogP contribution >= 0.6 is 0 Å². The first-order valence-corrected chi connectivity index (χ1v) is 12.8. The summed E-state index contributed by atoms with van der Waals surface area (Å²) in [5, 5.41) is 13.6. The highest BCUT2D eigenvalue weighted by molar-refractivity contribution is 6.09. The summed E-state index contributed by atoms with van der Waals surface area (Å²) < 4.78 is 0. The van der Waals surface area contributed by atoms with Gasteiger partial charge in [-0.25, -0.2) is 4.98 Å². The second-order valence-corrected chi connectivity index (χ2v) is 10.6. The number of allylic oxidation sites excluding steroid dienone is 1. The van der Waals surface area contributed by atoms with Crippen molar-refractivity contribution in [2.45, 2.75) is 57.7 Å². The Hall–Kier alpha value is -4.48. The van der Waals surface area contributed by atoms with E-state index in [-0.39, 0.29) is 11.1 Å². The standard InChI is InChI=1S/C31H33N5O3/c1-6-7-10-24-20(2)27(37)16-25(24)35-29(38)28(21-9-8-15-32-17-21)36(30(39)26-18-33-19-34-26)23-13-11-22(12-14-23)31(3,4)5/h1,7-15,17-19,25,27-28,37H,16H2,2-5H3,(H,33,34)(H,35,38)/b10-7-/t25-,27-,28?/m1/s1. The summed E-state index contributed by atoms with van der Waals surface area (Å²) >= 11 is 0. The number of hydrogen-bond acceptors (Lipinski definition) is 5. The van der Waals surface area contributed by atoms with Gasteiger partial charge in [0.15, 0.2) is 0 Å². The van der Waals surface area contributed by atoms with Crippen LogP contribution in [-0.2, 0) is 10.2 Å². The van der Waals surface area contributed by atoms with Crippen LogP contribution in [0.5, 0.6) is 0 Å². The molecule has 8 nitrogen and oxygen atoms in total. The Morgan fingerprint density at radius 1 is 1.26 bits per heavy atom. The number of amides is 2. The summed E-state index contributed by atoms with van der Waals surface area (Å²) in [6.45, 7) is 8.14. The van der Waals surface area contributed by atoms with Gasteiger partial charge in [-0.05, 0) is 59.4 Å². The highest BCUT2D eigenvalue weighted by Crippen LogP contribution is 2.33. The fourth-order valence-corrected chi connectivity index (χ4v) is 4.73. The van der Waals surface area contributed by atoms with Gasteiger partial charge in [0.2, 0.25) is 5.91 Å². The van der Waals surface area contributed by atoms with E-state index >= 15 is 0 Å². The molecule has 2 aromatic heterocycles. The third kappa shape index (κ3) is 6.00. The van der Waals surface area contributed by atoms with E-state index in [1.165, 1.54) is 17.4 Å². The summed E-state index contributed by atoms with van der Waals surface area (Å²) in [6.07, 6.45) is 14.4. The number of aromatic amines is 1. The number of aromatic nitrogens is 3. The molecule has 0 aliphatic heterocycles. The number of aliphatic hydroxyl groups is 1. The first kappa shape index (κ1) is 27.6. The summed E-state index contributed by atoms with van der Waals surface area (Å²) in [6, 6.07) is 9.52. The van der Waals surface area contributed by atoms with Gasteiger partial charge in [0, 0.05) is 36.3 Å². The second kappa shape index (κ2) is 11.5. The van der Waals surface area contributed by atoms with Gasteiger partial charge in [-0.15, -0.1) is 6.42 Å². The molecule has 8 heteroatoms. The molecule has 39 heavy (non-hydrogen) atoms. The number of rotatable bonds is 7. The number of H-pyrrole nitrogens is 1. The molecule has 2 amide bonds. The Balaban J connectivity index is 1.80. The van der Waals surface area contributed by atoms with Crippen molar-refractivity contribution in [3.8, 4) is 12.3 Å². The number of carbonyl (C=O) groups is 2. The van der Waals surface area contributed by atoms with Crippen LogP contribution in [0, 0.1) is 12.3 Å². The molecule has 0 spiro atoms. The fraction of sp³-hybridized carbons (Fsp3) is 0.290. The first-order chi connectivity index (χ1) is 18.6. The maximum absolute atomic E-state index is 14.1. The lowest BCUT2D eigenvalue weighted by atomic mass is 9.87. The lowest BCUT2D eigenvalue weighted by molar-refractivity contribution is -0.123. The van der Waals surface area contributed by atoms with Crippen LogP contribution in [0.1, 0.15) is 61.8 Å². The predicted octanol–water partition coefficient (Wildman–Crippen LogP) is 4.25. The number of imidazole rings is 1. The van der Waals surface area contributed by atoms with Crippen LogP contribution in [0.3, 0.4) is 0 Å². The molecule has 3 atom stereocenters. The first-order valence-electron chi connectivity index (χ1n) is 12.8. The van der Waals surface area contributed by atoms with Gasteiger partial charge in [0.1, 0.15) is 11.7 Å². The minimum atomic E-state index is -1.07. The summed E-state index contributed by atoms with van der Waals surface area (Å²) in [5.41, 5.74) is 3.72. The number of nitrogens with one attached hydrogen (secondary N) is 2. The van der Waals surface area contributed by atoms with E-state index in [0.29, 0.717) is 17.7 Å². The highest BCUT2D eigenvalue weighted by Gasteiger charge is 2.37. The van der Waals surface area contributed by atoms with E-state index in [0.717, 1.165) is 16.7 Å². The van der Waals surface area contributed by atoms with Crippen molar-refractivity contribution in [2.75, 3.05) is 4.90 Å². The van der Waals surface area contributed by atoms with E-state index in [2.05, 4.69) is 47.0 Å². The molecule has 0 radical (unpaired) electrons. The topological polar surface area (TPSA) is 111 Å². The zero-order valence-corrected chi connectivity index (χ0v) is 22.6. The fourth-order valence-electron chi connectivity index (χ4n) is 4.73. The SMILES string of the molecule is C#C/C=C\C1=C(C)[C@H](O)C[C@H]1NC(=O)C(c1cccnc1)N(C(=O)c1c[nH]cn1)c1ccc(C(C)(C)C)cc1. The molecule has 0 bridgehead atoms. The van der Waals surface area contributed by atoms with Gasteiger partial charge in [0.05, 0.1) is 18.5 Å². The Bertz CT molecular complexity index is 1410. The van der Waals surface area contributed by atoms with E-state index in [1.54, 1.807) is 36.7 Å². The van der Waals surface area contributed by atoms with Crippen molar-refractivity contribution in [2.24, 2.45) is 0 Å². The number of pyridine rings is 1. The molecular formula is C31H33N5O3. The van der Waals surface area contributed by atoms with Crippen LogP contribution in [0.25, 0.3) is 0 Å². The summed E-state index contributed by atoms with van der Waals surface area (Å²) in [7, 11) is 0. The van der Waals surface area contributed by atoms with Crippen molar-refractivity contribution >= 4 is 17.5 Å². The van der Waals surface area contributed by atoms with Gasteiger partial charge < -0.3 is 15.4 Å². The van der Waals surface area contributed by atoms with Crippen LogP contribution in [0.15, 0.2) is 84.6 Å². The zero-order chi connectivity index (χ0) is 28.2. The Labute approximate surface area is 228 Å². The normalized spacial score (nSPS) is 18.2. The van der Waals surface area contributed by atoms with Gasteiger partial charge in [-0.1, -0.05) is 44.9 Å². The second-order valence-electron chi connectivity index (χ2n) is 10.6. The van der Waals surface area contributed by atoms with Crippen molar-refractivity contribution in [3.63, 3.8) is 0 Å². The summed E-state index contributed by atoms with van der Waals surface area (Å²) in [4.78, 5) is 40.7. The van der Waals surface area contributed by atoms with Gasteiger partial charge in [-0.2, -0.15) is 0 Å². The van der Waals surface area contributed by atoms with Crippen LogP contribution in [0.2, 0.25) is 0 Å². The average Bonchev–Trinajstić information content (AvgIpc) is 3.54. The van der Waals surface area contributed by atoms with Crippen molar-refractivity contribution in [3.05, 3.63) is 101 Å². The van der Waals surface area contributed by atoms with E-state index in [4.69, 9.17) is 6.42 Å². The van der Waals surface area contributed by atoms with Crippen molar-refractivity contribution in [1.82, 2.24) is 20.3 Å². The van der Waals surface area contributed by atoms with Crippen LogP contribution < -0.4 is 10.2 Å². The molecule has 3 aromatic rings. The maximum Gasteiger partial charge on any atom is 0.279 e. The van der Waals surface area contributed by atoms with E-state index in [9.17, 15) is 14.7 Å². The molecule has 0 saturated heterocycles. The minimum absolute atomic E-state index is 0.0918. The minimum Gasteiger partial charge on any atom is -0.389 e. The molecule has 4 rings (SSSR count). The average molecular weight is 524 g/mol. The third-order valence-corrected chi connectivity index (χ3v) is 6.92. The quantitative estimate of drug-likeness (QED) is 0.401. The Morgan fingerprint density at radius 2 is 2.00 bits per heavy atom. The molecule has 200 valence electrons. The number of hydrogen-bond donors (Lipinski definition) is 3. The van der Waals surface area contributed by atoms with E-state index in [1.807, 2.05) is 31.2 Å². The smallest absolute Gasteiger partial charge is 0.279 e. The van der Waals surface area contributed by atoms with Crippen molar-refractivity contribution < 1.29 is 14.7 Å². The molecule has 1 unspecified atom stereocenters.